The maximum absolute atomic E-state index is 11.0. The minimum atomic E-state index is -0.195. The van der Waals surface area contributed by atoms with Crippen molar-refractivity contribution in [3.8, 4) is 6.07 Å². The number of rotatable bonds is 5. The molecule has 0 aromatic carbocycles. The molecule has 0 saturated carbocycles. The molecular formula is C10H13N3O2. The number of nitrogens with zero attached hydrogens (tertiary/aromatic N) is 1. The van der Waals surface area contributed by atoms with Gasteiger partial charge in [0.1, 0.15) is 18.1 Å². The number of aryl methyl sites for hydroxylation is 1. The number of carbonyl (C=O) groups excluding carboxylic acids is 1. The predicted molar refractivity (Wildman–Crippen MR) is 53.8 cm³/mol. The van der Waals surface area contributed by atoms with Crippen molar-refractivity contribution in [2.24, 2.45) is 0 Å². The van der Waals surface area contributed by atoms with Crippen LogP contribution in [0.1, 0.15) is 11.5 Å². The average Bonchev–Trinajstić information content (AvgIpc) is 2.61. The molecule has 0 unspecified atom stereocenters. The Morgan fingerprint density at radius 2 is 2.40 bits per heavy atom. The zero-order valence-electron chi connectivity index (χ0n) is 8.54. The summed E-state index contributed by atoms with van der Waals surface area (Å²) in [5.41, 5.74) is 0. The highest BCUT2D eigenvalue weighted by Gasteiger charge is 2.01. The van der Waals surface area contributed by atoms with Crippen molar-refractivity contribution in [3.63, 3.8) is 0 Å². The summed E-state index contributed by atoms with van der Waals surface area (Å²) in [5.74, 6) is 1.45. The molecule has 0 aliphatic heterocycles. The van der Waals surface area contributed by atoms with Gasteiger partial charge in [0.25, 0.3) is 0 Å². The van der Waals surface area contributed by atoms with Crippen LogP contribution in [0.25, 0.3) is 0 Å². The lowest BCUT2D eigenvalue weighted by Gasteiger charge is -2.01. The van der Waals surface area contributed by atoms with Crippen molar-refractivity contribution in [3.05, 3.63) is 23.7 Å². The molecule has 1 heterocycles. The quantitative estimate of drug-likeness (QED) is 0.681. The second-order valence-electron chi connectivity index (χ2n) is 3.05. The third-order valence-electron chi connectivity index (χ3n) is 1.75. The van der Waals surface area contributed by atoms with E-state index in [2.05, 4.69) is 10.6 Å². The molecule has 0 aliphatic rings. The summed E-state index contributed by atoms with van der Waals surface area (Å²) in [6, 6.07) is 5.56. The van der Waals surface area contributed by atoms with Crippen LogP contribution in [0.2, 0.25) is 0 Å². The lowest BCUT2D eigenvalue weighted by Crippen LogP contribution is -2.33. The third-order valence-corrected chi connectivity index (χ3v) is 1.75. The molecule has 0 aliphatic carbocycles. The van der Waals surface area contributed by atoms with Gasteiger partial charge in [-0.2, -0.15) is 5.26 Å². The summed E-state index contributed by atoms with van der Waals surface area (Å²) >= 11 is 0. The molecule has 1 aromatic rings. The topological polar surface area (TPSA) is 78.1 Å². The smallest absolute Gasteiger partial charge is 0.234 e. The Bertz CT molecular complexity index is 365. The van der Waals surface area contributed by atoms with Crippen LogP contribution in [-0.4, -0.2) is 19.0 Å². The molecule has 1 rings (SSSR count). The first kappa shape index (κ1) is 11.3. The van der Waals surface area contributed by atoms with Crippen LogP contribution in [0, 0.1) is 18.3 Å². The molecule has 80 valence electrons. The van der Waals surface area contributed by atoms with Crippen LogP contribution in [0.3, 0.4) is 0 Å². The van der Waals surface area contributed by atoms with E-state index in [1.54, 1.807) is 0 Å². The van der Waals surface area contributed by atoms with Gasteiger partial charge in [-0.15, -0.1) is 0 Å². The fourth-order valence-corrected chi connectivity index (χ4v) is 1.08. The van der Waals surface area contributed by atoms with E-state index in [9.17, 15) is 4.79 Å². The molecule has 0 bridgehead atoms. The zero-order valence-corrected chi connectivity index (χ0v) is 8.54. The normalized spacial score (nSPS) is 9.60. The molecular weight excluding hydrogens is 194 g/mol. The van der Waals surface area contributed by atoms with E-state index in [1.807, 2.05) is 25.1 Å². The summed E-state index contributed by atoms with van der Waals surface area (Å²) in [4.78, 5) is 11.0. The average molecular weight is 207 g/mol. The molecule has 5 nitrogen and oxygen atoms in total. The van der Waals surface area contributed by atoms with Gasteiger partial charge >= 0.3 is 0 Å². The number of nitriles is 1. The molecule has 0 radical (unpaired) electrons. The Kier molecular flexibility index (Phi) is 4.38. The zero-order chi connectivity index (χ0) is 11.1. The fraction of sp³-hybridized carbons (Fsp3) is 0.400. The second-order valence-corrected chi connectivity index (χ2v) is 3.05. The summed E-state index contributed by atoms with van der Waals surface area (Å²) < 4.78 is 5.30. The monoisotopic (exact) mass is 207 g/mol. The van der Waals surface area contributed by atoms with Crippen LogP contribution in [0.4, 0.5) is 0 Å². The van der Waals surface area contributed by atoms with E-state index in [1.165, 1.54) is 0 Å². The number of amides is 1. The fourth-order valence-electron chi connectivity index (χ4n) is 1.08. The van der Waals surface area contributed by atoms with Crippen molar-refractivity contribution in [1.82, 2.24) is 10.6 Å². The molecule has 1 amide bonds. The van der Waals surface area contributed by atoms with E-state index in [4.69, 9.17) is 9.68 Å². The van der Waals surface area contributed by atoms with Crippen LogP contribution < -0.4 is 10.6 Å². The van der Waals surface area contributed by atoms with E-state index in [-0.39, 0.29) is 19.0 Å². The third kappa shape index (κ3) is 4.29. The summed E-state index contributed by atoms with van der Waals surface area (Å²) in [6.07, 6.45) is 0. The standard InChI is InChI=1S/C10H13N3O2/c1-8-2-3-9(15-8)6-12-7-10(14)13-5-4-11/h2-3,12H,5-7H2,1H3,(H,13,14). The first-order valence-electron chi connectivity index (χ1n) is 4.62. The van der Waals surface area contributed by atoms with E-state index < -0.39 is 0 Å². The van der Waals surface area contributed by atoms with Crippen LogP contribution in [0.15, 0.2) is 16.5 Å². The first-order chi connectivity index (χ1) is 7.22. The summed E-state index contributed by atoms with van der Waals surface area (Å²) in [7, 11) is 0. The Labute approximate surface area is 88.1 Å². The van der Waals surface area contributed by atoms with Gasteiger partial charge in [0.05, 0.1) is 19.2 Å². The Balaban J connectivity index is 2.16. The Hall–Kier alpha value is -1.80. The first-order valence-corrected chi connectivity index (χ1v) is 4.62. The van der Waals surface area contributed by atoms with Crippen molar-refractivity contribution in [2.45, 2.75) is 13.5 Å². The molecule has 5 heteroatoms. The highest BCUT2D eigenvalue weighted by atomic mass is 16.3. The number of furan rings is 1. The van der Waals surface area contributed by atoms with Gasteiger partial charge < -0.3 is 15.1 Å². The van der Waals surface area contributed by atoms with E-state index >= 15 is 0 Å². The van der Waals surface area contributed by atoms with Crippen LogP contribution in [-0.2, 0) is 11.3 Å². The maximum atomic E-state index is 11.0. The van der Waals surface area contributed by atoms with E-state index in [0.717, 1.165) is 11.5 Å². The minimum absolute atomic E-state index is 0.0420. The van der Waals surface area contributed by atoms with Crippen molar-refractivity contribution in [2.75, 3.05) is 13.1 Å². The number of carbonyl (C=O) groups is 1. The lowest BCUT2D eigenvalue weighted by molar-refractivity contribution is -0.120. The maximum Gasteiger partial charge on any atom is 0.234 e. The predicted octanol–water partition coefficient (Wildman–Crippen LogP) is 0.317. The number of hydrogen-bond donors (Lipinski definition) is 2. The summed E-state index contributed by atoms with van der Waals surface area (Å²) in [5, 5.41) is 13.6. The Morgan fingerprint density at radius 3 is 3.00 bits per heavy atom. The van der Waals surface area contributed by atoms with Gasteiger partial charge in [-0.05, 0) is 19.1 Å². The molecule has 0 atom stereocenters. The van der Waals surface area contributed by atoms with Crippen LogP contribution in [0.5, 0.6) is 0 Å². The van der Waals surface area contributed by atoms with Gasteiger partial charge in [0, 0.05) is 0 Å². The summed E-state index contributed by atoms with van der Waals surface area (Å²) in [6.45, 7) is 2.60. The minimum Gasteiger partial charge on any atom is -0.465 e. The Morgan fingerprint density at radius 1 is 1.60 bits per heavy atom. The molecule has 1 aromatic heterocycles. The van der Waals surface area contributed by atoms with Gasteiger partial charge in [0.2, 0.25) is 5.91 Å². The SMILES string of the molecule is Cc1ccc(CNCC(=O)NCC#N)o1. The van der Waals surface area contributed by atoms with Gasteiger partial charge in [0.15, 0.2) is 0 Å². The van der Waals surface area contributed by atoms with Crippen molar-refractivity contribution < 1.29 is 9.21 Å². The molecule has 0 saturated heterocycles. The largest absolute Gasteiger partial charge is 0.465 e. The van der Waals surface area contributed by atoms with Crippen LogP contribution >= 0.6 is 0 Å². The highest BCUT2D eigenvalue weighted by Crippen LogP contribution is 2.04. The highest BCUT2D eigenvalue weighted by molar-refractivity contribution is 5.78. The molecule has 0 fully saturated rings. The van der Waals surface area contributed by atoms with E-state index in [0.29, 0.717) is 6.54 Å². The molecule has 2 N–H and O–H groups in total. The van der Waals surface area contributed by atoms with Gasteiger partial charge in [-0.25, -0.2) is 0 Å². The van der Waals surface area contributed by atoms with Gasteiger partial charge in [-0.1, -0.05) is 0 Å². The van der Waals surface area contributed by atoms with Crippen molar-refractivity contribution in [1.29, 1.82) is 5.26 Å². The number of nitrogens with one attached hydrogen (secondary N) is 2. The van der Waals surface area contributed by atoms with Gasteiger partial charge in [-0.3, -0.25) is 4.79 Å². The number of hydrogen-bond acceptors (Lipinski definition) is 4. The molecule has 15 heavy (non-hydrogen) atoms. The second kappa shape index (κ2) is 5.83. The lowest BCUT2D eigenvalue weighted by atomic mass is 10.4. The molecule has 0 spiro atoms. The van der Waals surface area contributed by atoms with Crippen molar-refractivity contribution >= 4 is 5.91 Å².